The summed E-state index contributed by atoms with van der Waals surface area (Å²) in [5, 5.41) is 3.42. The standard InChI is InChI=1S/C27H43F3N12O/c1-25(2)16-41(10-9-35-25)24-37-20-21(40-11-13-43-14-12-40)38-23(39-22(20)42(24)17-27(28,29)30)26(5-8-33)15-34-19(4-7-32)36-18(26)3-6-31/h15,18,35H,3-14,16-17,31-33H2,1-2H3. The summed E-state index contributed by atoms with van der Waals surface area (Å²) < 4.78 is 49.4. The molecule has 7 N–H and O–H groups in total. The molecule has 5 rings (SSSR count). The molecule has 0 amide bonds. The van der Waals surface area contributed by atoms with Crippen LogP contribution in [0.3, 0.4) is 0 Å². The molecule has 13 nitrogen and oxygen atoms in total. The maximum Gasteiger partial charge on any atom is 0.406 e. The molecule has 238 valence electrons. The van der Waals surface area contributed by atoms with Crippen LogP contribution in [0.1, 0.15) is 38.9 Å². The number of anilines is 2. The first-order valence-corrected chi connectivity index (χ1v) is 14.9. The van der Waals surface area contributed by atoms with Crippen molar-refractivity contribution in [3.05, 3.63) is 5.82 Å². The second kappa shape index (κ2) is 12.6. The lowest BCUT2D eigenvalue weighted by Gasteiger charge is -2.39. The largest absolute Gasteiger partial charge is 0.406 e. The SMILES string of the molecule is CC1(C)CN(c2nc3c(N4CCOCC4)nc(C4(CCN)C=NC(CCN)=NC4CCN)nc3n2CC(F)(F)F)CCN1. The van der Waals surface area contributed by atoms with Gasteiger partial charge in [0.2, 0.25) is 5.95 Å². The van der Waals surface area contributed by atoms with Gasteiger partial charge >= 0.3 is 6.18 Å². The molecule has 0 saturated carbocycles. The van der Waals surface area contributed by atoms with Crippen molar-refractivity contribution >= 4 is 35.0 Å². The van der Waals surface area contributed by atoms with Gasteiger partial charge in [0, 0.05) is 50.9 Å². The maximum absolute atomic E-state index is 14.2. The van der Waals surface area contributed by atoms with Crippen molar-refractivity contribution in [3.8, 4) is 0 Å². The number of imidazole rings is 1. The van der Waals surface area contributed by atoms with Gasteiger partial charge in [-0.25, -0.2) is 19.9 Å². The van der Waals surface area contributed by atoms with Crippen LogP contribution >= 0.6 is 0 Å². The number of alkyl halides is 3. The number of halogens is 3. The number of nitrogens with one attached hydrogen (secondary N) is 1. The molecule has 2 atom stereocenters. The van der Waals surface area contributed by atoms with E-state index < -0.39 is 24.2 Å². The highest BCUT2D eigenvalue weighted by Gasteiger charge is 2.45. The third-order valence-corrected chi connectivity index (χ3v) is 8.18. The number of hydrogen-bond acceptors (Lipinski definition) is 12. The Labute approximate surface area is 249 Å². The number of ether oxygens (including phenoxy) is 1. The van der Waals surface area contributed by atoms with Crippen molar-refractivity contribution in [3.63, 3.8) is 0 Å². The summed E-state index contributed by atoms with van der Waals surface area (Å²) in [6.07, 6.45) is -1.41. The first kappa shape index (κ1) is 31.5. The van der Waals surface area contributed by atoms with Gasteiger partial charge in [-0.2, -0.15) is 13.2 Å². The lowest BCUT2D eigenvalue weighted by atomic mass is 9.75. The molecule has 3 aliphatic heterocycles. The number of nitrogens with zero attached hydrogens (tertiary/aromatic N) is 8. The third-order valence-electron chi connectivity index (χ3n) is 8.18. The highest BCUT2D eigenvalue weighted by molar-refractivity contribution is 5.96. The number of piperazine rings is 1. The Morgan fingerprint density at radius 1 is 1.02 bits per heavy atom. The summed E-state index contributed by atoms with van der Waals surface area (Å²) in [6.45, 7) is 7.27. The van der Waals surface area contributed by atoms with Crippen LogP contribution in [0.15, 0.2) is 9.98 Å². The van der Waals surface area contributed by atoms with E-state index in [4.69, 9.17) is 41.9 Å². The molecule has 43 heavy (non-hydrogen) atoms. The molecular formula is C27H43F3N12O. The zero-order valence-electron chi connectivity index (χ0n) is 24.9. The molecule has 2 fully saturated rings. The number of aromatic nitrogens is 4. The van der Waals surface area contributed by atoms with Crippen LogP contribution in [0.5, 0.6) is 0 Å². The van der Waals surface area contributed by atoms with E-state index in [9.17, 15) is 13.2 Å². The monoisotopic (exact) mass is 608 g/mol. The van der Waals surface area contributed by atoms with Crippen LogP contribution in [0, 0.1) is 0 Å². The zero-order chi connectivity index (χ0) is 30.8. The quantitative estimate of drug-likeness (QED) is 0.298. The molecule has 0 aliphatic carbocycles. The molecule has 0 spiro atoms. The Morgan fingerprint density at radius 2 is 1.79 bits per heavy atom. The summed E-state index contributed by atoms with van der Waals surface area (Å²) in [6, 6.07) is -0.414. The molecule has 0 radical (unpaired) electrons. The fourth-order valence-corrected chi connectivity index (χ4v) is 6.19. The number of hydrogen-bond donors (Lipinski definition) is 4. The van der Waals surface area contributed by atoms with E-state index in [1.54, 1.807) is 6.21 Å². The van der Waals surface area contributed by atoms with Gasteiger partial charge in [0.15, 0.2) is 17.0 Å². The first-order valence-electron chi connectivity index (χ1n) is 14.9. The van der Waals surface area contributed by atoms with E-state index in [0.717, 1.165) is 0 Å². The number of nitrogens with two attached hydrogens (primary N) is 3. The van der Waals surface area contributed by atoms with Crippen LogP contribution in [0.2, 0.25) is 0 Å². The number of fused-ring (bicyclic) bond motifs is 1. The molecule has 0 bridgehead atoms. The maximum atomic E-state index is 14.2. The van der Waals surface area contributed by atoms with Gasteiger partial charge in [0.25, 0.3) is 0 Å². The van der Waals surface area contributed by atoms with Crippen molar-refractivity contribution < 1.29 is 17.9 Å². The summed E-state index contributed by atoms with van der Waals surface area (Å²) in [7, 11) is 0. The molecular weight excluding hydrogens is 565 g/mol. The number of aliphatic imine (C=N–C) groups is 2. The highest BCUT2D eigenvalue weighted by atomic mass is 19.4. The van der Waals surface area contributed by atoms with Crippen LogP contribution in [-0.4, -0.2) is 115 Å². The fourth-order valence-electron chi connectivity index (χ4n) is 6.19. The van der Waals surface area contributed by atoms with Crippen molar-refractivity contribution in [1.82, 2.24) is 24.8 Å². The average Bonchev–Trinajstić information content (AvgIpc) is 3.31. The predicted octanol–water partition coefficient (Wildman–Crippen LogP) is 0.549. The van der Waals surface area contributed by atoms with Crippen LogP contribution in [0.25, 0.3) is 11.2 Å². The number of rotatable bonds is 10. The van der Waals surface area contributed by atoms with Crippen molar-refractivity contribution in [2.24, 2.45) is 27.2 Å². The van der Waals surface area contributed by atoms with Gasteiger partial charge in [0.1, 0.15) is 18.2 Å². The van der Waals surface area contributed by atoms with Crippen molar-refractivity contribution in [1.29, 1.82) is 0 Å². The number of amidine groups is 1. The van der Waals surface area contributed by atoms with Gasteiger partial charge < -0.3 is 37.1 Å². The Balaban J connectivity index is 1.76. The molecule has 3 aliphatic rings. The van der Waals surface area contributed by atoms with E-state index in [2.05, 4.69) is 10.3 Å². The van der Waals surface area contributed by atoms with Gasteiger partial charge in [-0.05, 0) is 46.3 Å². The van der Waals surface area contributed by atoms with E-state index in [1.165, 1.54) is 4.57 Å². The molecule has 2 aromatic heterocycles. The molecule has 2 aromatic rings. The smallest absolute Gasteiger partial charge is 0.378 e. The summed E-state index contributed by atoms with van der Waals surface area (Å²) >= 11 is 0. The molecule has 2 saturated heterocycles. The van der Waals surface area contributed by atoms with E-state index in [-0.39, 0.29) is 23.7 Å². The second-order valence-electron chi connectivity index (χ2n) is 12.0. The summed E-state index contributed by atoms with van der Waals surface area (Å²) in [5.74, 6) is 1.58. The van der Waals surface area contributed by atoms with Crippen molar-refractivity contribution in [2.45, 2.75) is 62.8 Å². The summed E-state index contributed by atoms with van der Waals surface area (Å²) in [4.78, 5) is 28.2. The third kappa shape index (κ3) is 6.62. The van der Waals surface area contributed by atoms with Crippen LogP contribution < -0.4 is 32.3 Å². The lowest BCUT2D eigenvalue weighted by molar-refractivity contribution is -0.139. The molecule has 5 heterocycles. The Kier molecular flexibility index (Phi) is 9.23. The Bertz CT molecular complexity index is 1340. The minimum absolute atomic E-state index is 0.114. The normalized spacial score (nSPS) is 24.6. The Hall–Kier alpha value is -2.92. The molecule has 0 aromatic carbocycles. The highest BCUT2D eigenvalue weighted by Crippen LogP contribution is 2.39. The van der Waals surface area contributed by atoms with E-state index in [1.807, 2.05) is 23.6 Å². The zero-order valence-corrected chi connectivity index (χ0v) is 24.9. The van der Waals surface area contributed by atoms with Crippen molar-refractivity contribution in [2.75, 3.05) is 75.4 Å². The lowest BCUT2D eigenvalue weighted by Crippen LogP contribution is -2.57. The van der Waals surface area contributed by atoms with Gasteiger partial charge in [-0.3, -0.25) is 9.56 Å². The average molecular weight is 609 g/mol. The van der Waals surface area contributed by atoms with Crippen LogP contribution in [0.4, 0.5) is 24.9 Å². The molecule has 16 heteroatoms. The van der Waals surface area contributed by atoms with Gasteiger partial charge in [-0.1, -0.05) is 0 Å². The predicted molar refractivity (Wildman–Crippen MR) is 161 cm³/mol. The minimum atomic E-state index is -4.51. The first-order chi connectivity index (χ1) is 20.5. The van der Waals surface area contributed by atoms with E-state index >= 15 is 0 Å². The van der Waals surface area contributed by atoms with Gasteiger partial charge in [-0.15, -0.1) is 0 Å². The number of morpholine rings is 1. The van der Waals surface area contributed by atoms with Gasteiger partial charge in [0.05, 0.1) is 24.7 Å². The summed E-state index contributed by atoms with van der Waals surface area (Å²) in [5.41, 5.74) is 17.1. The second-order valence-corrected chi connectivity index (χ2v) is 12.0. The Morgan fingerprint density at radius 3 is 2.44 bits per heavy atom. The fraction of sp³-hybridized carbons (Fsp3) is 0.741. The molecule has 2 unspecified atom stereocenters. The van der Waals surface area contributed by atoms with Crippen LogP contribution in [-0.2, 0) is 16.7 Å². The van der Waals surface area contributed by atoms with E-state index in [0.29, 0.717) is 101 Å². The minimum Gasteiger partial charge on any atom is -0.378 e. The topological polar surface area (TPSA) is 174 Å².